The monoisotopic (exact) mass is 298 g/mol. The largest absolute Gasteiger partial charge is 0.459 e. The number of imide groups is 1. The van der Waals surface area contributed by atoms with Gasteiger partial charge in [0.05, 0.1) is 0 Å². The Balaban J connectivity index is 1.70. The molecule has 1 unspecified atom stereocenters. The average Bonchev–Trinajstić information content (AvgIpc) is 3.23. The lowest BCUT2D eigenvalue weighted by Gasteiger charge is -2.21. The van der Waals surface area contributed by atoms with Crippen molar-refractivity contribution in [2.75, 3.05) is 4.90 Å². The summed E-state index contributed by atoms with van der Waals surface area (Å²) in [5, 5.41) is 0.431. The van der Waals surface area contributed by atoms with Gasteiger partial charge in [-0.25, -0.2) is 14.1 Å². The first-order valence-electron chi connectivity index (χ1n) is 7.22. The van der Waals surface area contributed by atoms with Crippen LogP contribution in [0.4, 0.5) is 14.9 Å². The molecule has 22 heavy (non-hydrogen) atoms. The molecule has 0 spiro atoms. The van der Waals surface area contributed by atoms with Crippen molar-refractivity contribution in [2.24, 2.45) is 0 Å². The number of fused-ring (bicyclic) bond motifs is 5. The van der Waals surface area contributed by atoms with Crippen LogP contribution in [0, 0.1) is 5.82 Å². The zero-order chi connectivity index (χ0) is 15.0. The van der Waals surface area contributed by atoms with Gasteiger partial charge in [0.2, 0.25) is 0 Å². The number of amides is 3. The molecule has 3 heterocycles. The Kier molecular flexibility index (Phi) is 2.05. The Hall–Kier alpha value is -2.63. The minimum absolute atomic E-state index is 0.0609. The highest BCUT2D eigenvalue weighted by Gasteiger charge is 2.53. The summed E-state index contributed by atoms with van der Waals surface area (Å²) < 4.78 is 19.0. The van der Waals surface area contributed by atoms with E-state index in [-0.39, 0.29) is 23.6 Å². The van der Waals surface area contributed by atoms with Gasteiger partial charge in [-0.05, 0) is 37.0 Å². The molecule has 2 aromatic rings. The highest BCUT2D eigenvalue weighted by Crippen LogP contribution is 2.47. The fourth-order valence-electron chi connectivity index (χ4n) is 3.82. The van der Waals surface area contributed by atoms with E-state index in [4.69, 9.17) is 4.42 Å². The first-order valence-corrected chi connectivity index (χ1v) is 7.22. The second-order valence-corrected chi connectivity index (χ2v) is 5.88. The fourth-order valence-corrected chi connectivity index (χ4v) is 3.82. The molecule has 0 radical (unpaired) electrons. The lowest BCUT2D eigenvalue weighted by Crippen LogP contribution is -2.36. The predicted molar refractivity (Wildman–Crippen MR) is 75.6 cm³/mol. The van der Waals surface area contributed by atoms with Gasteiger partial charge in [-0.1, -0.05) is 6.07 Å². The molecule has 1 aromatic carbocycles. The Morgan fingerprint density at radius 1 is 1.27 bits per heavy atom. The van der Waals surface area contributed by atoms with Crippen LogP contribution in [0.15, 0.2) is 40.1 Å². The van der Waals surface area contributed by atoms with Gasteiger partial charge in [0.25, 0.3) is 5.91 Å². The van der Waals surface area contributed by atoms with E-state index in [1.165, 1.54) is 18.4 Å². The minimum Gasteiger partial charge on any atom is -0.459 e. The quantitative estimate of drug-likeness (QED) is 0.760. The van der Waals surface area contributed by atoms with Gasteiger partial charge >= 0.3 is 6.03 Å². The average molecular weight is 298 g/mol. The second-order valence-electron chi connectivity index (χ2n) is 5.88. The number of urea groups is 1. The number of hydrogen-bond donors (Lipinski definition) is 0. The van der Waals surface area contributed by atoms with Crippen LogP contribution in [0.25, 0.3) is 11.0 Å². The molecule has 110 valence electrons. The number of para-hydroxylation sites is 1. The van der Waals surface area contributed by atoms with Crippen LogP contribution in [0.3, 0.4) is 0 Å². The number of benzene rings is 1. The van der Waals surface area contributed by atoms with Gasteiger partial charge in [0.1, 0.15) is 17.6 Å². The number of rotatable bonds is 1. The number of hydrogen-bond acceptors (Lipinski definition) is 3. The normalized spacial score (nSPS) is 23.4. The van der Waals surface area contributed by atoms with Crippen molar-refractivity contribution in [3.63, 3.8) is 0 Å². The molecule has 1 aromatic heterocycles. The SMILES string of the molecule is O=C1C2=C3CCC(C3)N2C(=O)N1c1coc2c(F)cccc12. The molecule has 3 aliphatic rings. The Labute approximate surface area is 124 Å². The molecular weight excluding hydrogens is 287 g/mol. The summed E-state index contributed by atoms with van der Waals surface area (Å²) in [4.78, 5) is 28.1. The van der Waals surface area contributed by atoms with Crippen LogP contribution in [-0.2, 0) is 4.79 Å². The van der Waals surface area contributed by atoms with E-state index in [2.05, 4.69) is 0 Å². The van der Waals surface area contributed by atoms with E-state index in [1.807, 2.05) is 0 Å². The maximum atomic E-state index is 13.7. The third-order valence-electron chi connectivity index (χ3n) is 4.78. The molecule has 5 nitrogen and oxygen atoms in total. The van der Waals surface area contributed by atoms with Crippen LogP contribution in [-0.4, -0.2) is 22.9 Å². The van der Waals surface area contributed by atoms with Gasteiger partial charge in [0.15, 0.2) is 11.4 Å². The summed E-state index contributed by atoms with van der Waals surface area (Å²) in [5.41, 5.74) is 1.95. The van der Waals surface area contributed by atoms with E-state index >= 15 is 0 Å². The van der Waals surface area contributed by atoms with Crippen molar-refractivity contribution in [1.82, 2.24) is 4.90 Å². The van der Waals surface area contributed by atoms with Gasteiger partial charge in [0, 0.05) is 11.4 Å². The highest BCUT2D eigenvalue weighted by molar-refractivity contribution is 6.29. The molecule has 1 saturated carbocycles. The van der Waals surface area contributed by atoms with E-state index in [9.17, 15) is 14.0 Å². The van der Waals surface area contributed by atoms with E-state index in [1.54, 1.807) is 11.0 Å². The van der Waals surface area contributed by atoms with Crippen LogP contribution in [0.2, 0.25) is 0 Å². The lowest BCUT2D eigenvalue weighted by molar-refractivity contribution is -0.114. The number of furan rings is 1. The standard InChI is InChI=1S/C16H11FN2O3/c17-11-3-1-2-10-12(7-22-14(10)11)19-15(20)13-8-4-5-9(6-8)18(13)16(19)21/h1-3,7,9H,4-6H2. The zero-order valence-corrected chi connectivity index (χ0v) is 11.5. The predicted octanol–water partition coefficient (Wildman–Crippen LogP) is 3.16. The van der Waals surface area contributed by atoms with E-state index in [0.717, 1.165) is 29.7 Å². The van der Waals surface area contributed by atoms with Crippen molar-refractivity contribution in [1.29, 1.82) is 0 Å². The molecule has 2 fully saturated rings. The second kappa shape index (κ2) is 3.76. The molecule has 0 N–H and O–H groups in total. The number of halogens is 1. The van der Waals surface area contributed by atoms with Crippen LogP contribution in [0.5, 0.6) is 0 Å². The molecule has 1 atom stereocenters. The van der Waals surface area contributed by atoms with Gasteiger partial charge in [-0.2, -0.15) is 0 Å². The smallest absolute Gasteiger partial charge is 0.336 e. The Morgan fingerprint density at radius 3 is 2.95 bits per heavy atom. The Morgan fingerprint density at radius 2 is 2.14 bits per heavy atom. The number of carbonyl (C=O) groups is 2. The van der Waals surface area contributed by atoms with Gasteiger partial charge in [-0.3, -0.25) is 9.69 Å². The lowest BCUT2D eigenvalue weighted by atomic mass is 10.1. The van der Waals surface area contributed by atoms with Crippen LogP contribution >= 0.6 is 0 Å². The summed E-state index contributed by atoms with van der Waals surface area (Å²) in [6.45, 7) is 0. The van der Waals surface area contributed by atoms with Crippen molar-refractivity contribution >= 4 is 28.6 Å². The summed E-state index contributed by atoms with van der Waals surface area (Å²) in [5.74, 6) is -0.834. The van der Waals surface area contributed by atoms with Crippen molar-refractivity contribution in [2.45, 2.75) is 25.3 Å². The Bertz CT molecular complexity index is 898. The first kappa shape index (κ1) is 12.0. The third-order valence-corrected chi connectivity index (χ3v) is 4.78. The van der Waals surface area contributed by atoms with Crippen molar-refractivity contribution < 1.29 is 18.4 Å². The minimum atomic E-state index is -0.509. The molecule has 3 amide bonds. The number of nitrogens with zero attached hydrogens (tertiary/aromatic N) is 2. The number of anilines is 1. The molecule has 1 saturated heterocycles. The summed E-state index contributed by atoms with van der Waals surface area (Å²) >= 11 is 0. The summed E-state index contributed by atoms with van der Waals surface area (Å²) in [6, 6.07) is 4.21. The van der Waals surface area contributed by atoms with Crippen LogP contribution < -0.4 is 4.90 Å². The third kappa shape index (κ3) is 1.24. The molecule has 2 aliphatic heterocycles. The van der Waals surface area contributed by atoms with Crippen molar-refractivity contribution in [3.05, 3.63) is 41.5 Å². The molecule has 6 heteroatoms. The number of carbonyl (C=O) groups excluding carboxylic acids is 2. The molecule has 2 bridgehead atoms. The van der Waals surface area contributed by atoms with Crippen molar-refractivity contribution in [3.8, 4) is 0 Å². The first-order chi connectivity index (χ1) is 10.7. The molecular formula is C16H11FN2O3. The fraction of sp³-hybridized carbons (Fsp3) is 0.250. The van der Waals surface area contributed by atoms with E-state index < -0.39 is 5.82 Å². The van der Waals surface area contributed by atoms with Crippen LogP contribution in [0.1, 0.15) is 19.3 Å². The highest BCUT2D eigenvalue weighted by atomic mass is 19.1. The molecule has 5 rings (SSSR count). The van der Waals surface area contributed by atoms with Gasteiger partial charge < -0.3 is 4.42 Å². The van der Waals surface area contributed by atoms with Gasteiger partial charge in [-0.15, -0.1) is 0 Å². The summed E-state index contributed by atoms with van der Waals surface area (Å²) in [7, 11) is 0. The summed E-state index contributed by atoms with van der Waals surface area (Å²) in [6.07, 6.45) is 3.87. The maximum absolute atomic E-state index is 13.7. The topological polar surface area (TPSA) is 53.8 Å². The maximum Gasteiger partial charge on any atom is 0.336 e. The zero-order valence-electron chi connectivity index (χ0n) is 11.5. The van der Waals surface area contributed by atoms with E-state index in [0.29, 0.717) is 16.8 Å². The molecule has 1 aliphatic carbocycles.